The molecule has 0 radical (unpaired) electrons. The summed E-state index contributed by atoms with van der Waals surface area (Å²) < 4.78 is 0. The van der Waals surface area contributed by atoms with E-state index < -0.39 is 11.4 Å². The van der Waals surface area contributed by atoms with Crippen molar-refractivity contribution in [1.29, 1.82) is 0 Å². The van der Waals surface area contributed by atoms with Crippen LogP contribution >= 0.6 is 0 Å². The Kier molecular flexibility index (Phi) is 3.43. The van der Waals surface area contributed by atoms with Gasteiger partial charge in [-0.15, -0.1) is 0 Å². The van der Waals surface area contributed by atoms with E-state index in [-0.39, 0.29) is 11.7 Å². The normalized spacial score (nSPS) is 15.8. The van der Waals surface area contributed by atoms with Crippen LogP contribution in [0.25, 0.3) is 0 Å². The molecule has 0 aromatic heterocycles. The molecule has 1 N–H and O–H groups in total. The van der Waals surface area contributed by atoms with Crippen molar-refractivity contribution in [1.82, 2.24) is 0 Å². The molecule has 0 saturated heterocycles. The summed E-state index contributed by atoms with van der Waals surface area (Å²) in [5.74, 6) is -1.42. The van der Waals surface area contributed by atoms with Crippen LogP contribution in [-0.2, 0) is 9.59 Å². The fraction of sp³-hybridized carbons (Fsp3) is 0.778. The zero-order valence-corrected chi connectivity index (χ0v) is 8.05. The first-order valence-corrected chi connectivity index (χ1v) is 4.14. The van der Waals surface area contributed by atoms with Crippen molar-refractivity contribution >= 4 is 11.8 Å². The summed E-state index contributed by atoms with van der Waals surface area (Å²) in [5, 5.41) is 8.94. The van der Waals surface area contributed by atoms with Crippen LogP contribution in [0.1, 0.15) is 34.1 Å². The first kappa shape index (κ1) is 11.1. The van der Waals surface area contributed by atoms with Gasteiger partial charge in [0.2, 0.25) is 0 Å². The summed E-state index contributed by atoms with van der Waals surface area (Å²) in [6.45, 7) is 6.60. The Balaban J connectivity index is 5.04. The van der Waals surface area contributed by atoms with E-state index in [4.69, 9.17) is 5.11 Å². The van der Waals surface area contributed by atoms with Crippen molar-refractivity contribution in [3.05, 3.63) is 0 Å². The van der Waals surface area contributed by atoms with Gasteiger partial charge in [0, 0.05) is 0 Å². The first-order chi connectivity index (χ1) is 5.39. The molecule has 0 aromatic rings. The van der Waals surface area contributed by atoms with Gasteiger partial charge in [-0.2, -0.15) is 0 Å². The van der Waals surface area contributed by atoms with Crippen LogP contribution in [0.4, 0.5) is 0 Å². The largest absolute Gasteiger partial charge is 0.480 e. The fourth-order valence-electron chi connectivity index (χ4n) is 1.61. The Morgan fingerprint density at radius 1 is 1.42 bits per heavy atom. The van der Waals surface area contributed by atoms with E-state index in [0.717, 1.165) is 0 Å². The number of aliphatic carboxylic acids is 1. The molecule has 70 valence electrons. The molecule has 0 rings (SSSR count). The summed E-state index contributed by atoms with van der Waals surface area (Å²) >= 11 is 0. The molecule has 0 aliphatic heterocycles. The summed E-state index contributed by atoms with van der Waals surface area (Å²) in [7, 11) is 0. The lowest BCUT2D eigenvalue weighted by Crippen LogP contribution is -2.42. The van der Waals surface area contributed by atoms with Gasteiger partial charge in [-0.3, -0.25) is 9.59 Å². The topological polar surface area (TPSA) is 54.4 Å². The third kappa shape index (κ3) is 1.49. The fourth-order valence-corrected chi connectivity index (χ4v) is 1.61. The Labute approximate surface area is 72.8 Å². The van der Waals surface area contributed by atoms with Crippen LogP contribution in [0.3, 0.4) is 0 Å². The molecular weight excluding hydrogens is 156 g/mol. The number of hydrogen-bond acceptors (Lipinski definition) is 2. The Morgan fingerprint density at radius 3 is 1.83 bits per heavy atom. The standard InChI is InChI=1S/C9H16O3/c1-5-9(6(2)3,7(4)10)8(11)12/h6H,5H2,1-4H3,(H,11,12). The molecule has 3 heteroatoms. The van der Waals surface area contributed by atoms with E-state index in [2.05, 4.69) is 0 Å². The van der Waals surface area contributed by atoms with Crippen molar-refractivity contribution in [2.45, 2.75) is 34.1 Å². The van der Waals surface area contributed by atoms with Crippen molar-refractivity contribution in [2.75, 3.05) is 0 Å². The van der Waals surface area contributed by atoms with E-state index in [1.54, 1.807) is 20.8 Å². The maximum absolute atomic E-state index is 11.2. The summed E-state index contributed by atoms with van der Waals surface area (Å²) in [4.78, 5) is 22.1. The van der Waals surface area contributed by atoms with Gasteiger partial charge in [0.15, 0.2) is 0 Å². The van der Waals surface area contributed by atoms with E-state index in [1.807, 2.05) is 0 Å². The van der Waals surface area contributed by atoms with Gasteiger partial charge in [-0.25, -0.2) is 0 Å². The quantitative estimate of drug-likeness (QED) is 0.657. The number of carboxylic acid groups (broad SMARTS) is 1. The summed E-state index contributed by atoms with van der Waals surface area (Å²) in [5.41, 5.74) is -1.18. The highest BCUT2D eigenvalue weighted by Gasteiger charge is 2.44. The maximum Gasteiger partial charge on any atom is 0.317 e. The molecule has 0 bridgehead atoms. The average Bonchev–Trinajstić information content (AvgIpc) is 1.86. The Hall–Kier alpha value is -0.860. The van der Waals surface area contributed by atoms with Gasteiger partial charge in [0.1, 0.15) is 11.2 Å². The lowest BCUT2D eigenvalue weighted by molar-refractivity contribution is -0.157. The van der Waals surface area contributed by atoms with Crippen molar-refractivity contribution in [3.63, 3.8) is 0 Å². The molecule has 1 atom stereocenters. The van der Waals surface area contributed by atoms with Gasteiger partial charge in [-0.1, -0.05) is 20.8 Å². The first-order valence-electron chi connectivity index (χ1n) is 4.14. The lowest BCUT2D eigenvalue weighted by atomic mass is 9.72. The second-order valence-electron chi connectivity index (χ2n) is 3.34. The second-order valence-corrected chi connectivity index (χ2v) is 3.34. The van der Waals surface area contributed by atoms with Crippen LogP contribution in [0.15, 0.2) is 0 Å². The zero-order valence-electron chi connectivity index (χ0n) is 8.05. The average molecular weight is 172 g/mol. The Bertz CT molecular complexity index is 180. The molecule has 0 fully saturated rings. The zero-order chi connectivity index (χ0) is 9.94. The number of carbonyl (C=O) groups is 2. The van der Waals surface area contributed by atoms with Crippen LogP contribution in [0.5, 0.6) is 0 Å². The van der Waals surface area contributed by atoms with Gasteiger partial charge in [0.05, 0.1) is 0 Å². The maximum atomic E-state index is 11.2. The summed E-state index contributed by atoms with van der Waals surface area (Å²) in [6, 6.07) is 0. The monoisotopic (exact) mass is 172 g/mol. The van der Waals surface area contributed by atoms with Crippen LogP contribution in [0.2, 0.25) is 0 Å². The minimum absolute atomic E-state index is 0.155. The molecule has 0 saturated carbocycles. The molecule has 0 heterocycles. The number of rotatable bonds is 4. The molecule has 0 aliphatic carbocycles. The predicted octanol–water partition coefficient (Wildman–Crippen LogP) is 1.71. The molecule has 1 unspecified atom stereocenters. The second kappa shape index (κ2) is 3.70. The molecular formula is C9H16O3. The predicted molar refractivity (Wildman–Crippen MR) is 45.9 cm³/mol. The minimum atomic E-state index is -1.18. The van der Waals surface area contributed by atoms with E-state index in [1.165, 1.54) is 6.92 Å². The highest BCUT2D eigenvalue weighted by atomic mass is 16.4. The van der Waals surface area contributed by atoms with Crippen LogP contribution < -0.4 is 0 Å². The number of carbonyl (C=O) groups excluding carboxylic acids is 1. The van der Waals surface area contributed by atoms with Crippen molar-refractivity contribution < 1.29 is 14.7 Å². The smallest absolute Gasteiger partial charge is 0.317 e. The molecule has 0 aromatic carbocycles. The van der Waals surface area contributed by atoms with Gasteiger partial charge >= 0.3 is 5.97 Å². The number of carboxylic acids is 1. The molecule has 12 heavy (non-hydrogen) atoms. The van der Waals surface area contributed by atoms with E-state index in [0.29, 0.717) is 6.42 Å². The number of Topliss-reactive ketones (excluding diaryl/α,β-unsaturated/α-hetero) is 1. The third-order valence-corrected chi connectivity index (χ3v) is 2.55. The summed E-state index contributed by atoms with van der Waals surface area (Å²) in [6.07, 6.45) is 0.356. The molecule has 0 aliphatic rings. The van der Waals surface area contributed by atoms with Gasteiger partial charge in [0.25, 0.3) is 0 Å². The molecule has 0 spiro atoms. The highest BCUT2D eigenvalue weighted by Crippen LogP contribution is 2.32. The lowest BCUT2D eigenvalue weighted by Gasteiger charge is -2.29. The SMILES string of the molecule is CCC(C(C)=O)(C(=O)O)C(C)C. The van der Waals surface area contributed by atoms with Gasteiger partial charge in [-0.05, 0) is 19.3 Å². The third-order valence-electron chi connectivity index (χ3n) is 2.55. The number of ketones is 1. The highest BCUT2D eigenvalue weighted by molar-refractivity contribution is 6.02. The minimum Gasteiger partial charge on any atom is -0.480 e. The Morgan fingerprint density at radius 2 is 1.83 bits per heavy atom. The van der Waals surface area contributed by atoms with Gasteiger partial charge < -0.3 is 5.11 Å². The van der Waals surface area contributed by atoms with Crippen LogP contribution in [-0.4, -0.2) is 16.9 Å². The molecule has 3 nitrogen and oxygen atoms in total. The van der Waals surface area contributed by atoms with Crippen molar-refractivity contribution in [2.24, 2.45) is 11.3 Å². The van der Waals surface area contributed by atoms with Crippen LogP contribution in [0, 0.1) is 11.3 Å². The van der Waals surface area contributed by atoms with E-state index >= 15 is 0 Å². The molecule has 0 amide bonds. The van der Waals surface area contributed by atoms with E-state index in [9.17, 15) is 9.59 Å². The number of hydrogen-bond donors (Lipinski definition) is 1. The van der Waals surface area contributed by atoms with Crippen molar-refractivity contribution in [3.8, 4) is 0 Å².